The SMILES string of the molecule is CCOC(=O)N1CCC(NS(=O)(=O)c2cccc(OC(F)(F)F)c2)CC1. The van der Waals surface area contributed by atoms with Crippen LogP contribution in [-0.2, 0) is 14.8 Å². The number of sulfonamides is 1. The van der Waals surface area contributed by atoms with E-state index in [4.69, 9.17) is 4.74 Å². The quantitative estimate of drug-likeness (QED) is 0.827. The minimum absolute atomic E-state index is 0.252. The molecule has 0 saturated carbocycles. The van der Waals surface area contributed by atoms with Gasteiger partial charge in [0, 0.05) is 25.2 Å². The molecule has 1 aliphatic rings. The third kappa shape index (κ3) is 5.77. The first-order valence-electron chi connectivity index (χ1n) is 7.90. The molecule has 11 heteroatoms. The van der Waals surface area contributed by atoms with Crippen LogP contribution in [-0.4, -0.2) is 51.5 Å². The standard InChI is InChI=1S/C15H19F3N2O5S/c1-2-24-14(21)20-8-6-11(7-9-20)19-26(22,23)13-5-3-4-12(10-13)25-15(16,17)18/h3-5,10-11,19H,2,6-9H2,1H3. The van der Waals surface area contributed by atoms with Crippen molar-refractivity contribution in [3.05, 3.63) is 24.3 Å². The number of hydrogen-bond donors (Lipinski definition) is 1. The average molecular weight is 396 g/mol. The second kappa shape index (κ2) is 8.12. The number of carbonyl (C=O) groups excluding carboxylic acids is 1. The zero-order chi connectivity index (χ0) is 19.4. The molecule has 1 saturated heterocycles. The maximum atomic E-state index is 12.4. The van der Waals surface area contributed by atoms with Gasteiger partial charge in [-0.3, -0.25) is 0 Å². The zero-order valence-corrected chi connectivity index (χ0v) is 14.8. The molecule has 1 aliphatic heterocycles. The van der Waals surface area contributed by atoms with Crippen LogP contribution in [0.2, 0.25) is 0 Å². The van der Waals surface area contributed by atoms with E-state index in [0.717, 1.165) is 12.1 Å². The van der Waals surface area contributed by atoms with Crippen molar-refractivity contribution in [1.29, 1.82) is 0 Å². The van der Waals surface area contributed by atoms with Crippen LogP contribution < -0.4 is 9.46 Å². The van der Waals surface area contributed by atoms with Crippen LogP contribution in [0.5, 0.6) is 5.75 Å². The molecule has 0 atom stereocenters. The molecule has 1 aromatic rings. The van der Waals surface area contributed by atoms with Crippen molar-refractivity contribution in [2.24, 2.45) is 0 Å². The second-order valence-electron chi connectivity index (χ2n) is 5.60. The van der Waals surface area contributed by atoms with Gasteiger partial charge in [-0.15, -0.1) is 13.2 Å². The summed E-state index contributed by atoms with van der Waals surface area (Å²) in [4.78, 5) is 12.8. The number of alkyl halides is 3. The van der Waals surface area contributed by atoms with E-state index in [1.165, 1.54) is 17.0 Å². The number of amides is 1. The van der Waals surface area contributed by atoms with Gasteiger partial charge >= 0.3 is 12.5 Å². The molecular formula is C15H19F3N2O5S. The Bertz CT molecular complexity index is 731. The Labute approximate surface area is 149 Å². The van der Waals surface area contributed by atoms with Gasteiger partial charge in [0.05, 0.1) is 11.5 Å². The predicted octanol–water partition coefficient (Wildman–Crippen LogP) is 2.48. The molecule has 26 heavy (non-hydrogen) atoms. The molecule has 7 nitrogen and oxygen atoms in total. The minimum atomic E-state index is -4.91. The van der Waals surface area contributed by atoms with Crippen molar-refractivity contribution in [3.63, 3.8) is 0 Å². The van der Waals surface area contributed by atoms with E-state index in [1.54, 1.807) is 6.92 Å². The fraction of sp³-hybridized carbons (Fsp3) is 0.533. The summed E-state index contributed by atoms with van der Waals surface area (Å²) < 4.78 is 72.6. The maximum Gasteiger partial charge on any atom is 0.573 e. The lowest BCUT2D eigenvalue weighted by Crippen LogP contribution is -2.46. The molecule has 0 aromatic heterocycles. The molecule has 0 unspecified atom stereocenters. The smallest absolute Gasteiger partial charge is 0.450 e. The van der Waals surface area contributed by atoms with E-state index < -0.39 is 34.3 Å². The van der Waals surface area contributed by atoms with Gasteiger partial charge in [-0.1, -0.05) is 6.07 Å². The summed E-state index contributed by atoms with van der Waals surface area (Å²) >= 11 is 0. The molecular weight excluding hydrogens is 377 g/mol. The minimum Gasteiger partial charge on any atom is -0.450 e. The van der Waals surface area contributed by atoms with Crippen molar-refractivity contribution in [2.45, 2.75) is 37.1 Å². The summed E-state index contributed by atoms with van der Waals surface area (Å²) in [5.74, 6) is -0.613. The fourth-order valence-corrected chi connectivity index (χ4v) is 3.86. The highest BCUT2D eigenvalue weighted by molar-refractivity contribution is 7.89. The number of piperidine rings is 1. The van der Waals surface area contributed by atoms with E-state index in [0.29, 0.717) is 25.9 Å². The van der Waals surface area contributed by atoms with Crippen LogP contribution in [0.25, 0.3) is 0 Å². The molecule has 1 aromatic carbocycles. The van der Waals surface area contributed by atoms with Gasteiger partial charge in [0.2, 0.25) is 10.0 Å². The van der Waals surface area contributed by atoms with Gasteiger partial charge in [-0.05, 0) is 31.9 Å². The van der Waals surface area contributed by atoms with Crippen LogP contribution in [0.4, 0.5) is 18.0 Å². The molecule has 0 radical (unpaired) electrons. The molecule has 0 bridgehead atoms. The van der Waals surface area contributed by atoms with Crippen molar-refractivity contribution in [2.75, 3.05) is 19.7 Å². The molecule has 1 fully saturated rings. The molecule has 146 valence electrons. The summed E-state index contributed by atoms with van der Waals surface area (Å²) in [5.41, 5.74) is 0. The van der Waals surface area contributed by atoms with E-state index in [2.05, 4.69) is 9.46 Å². The van der Waals surface area contributed by atoms with E-state index in [-0.39, 0.29) is 11.5 Å². The zero-order valence-electron chi connectivity index (χ0n) is 14.0. The number of rotatable bonds is 5. The summed E-state index contributed by atoms with van der Waals surface area (Å²) in [6, 6.07) is 3.74. The fourth-order valence-electron chi connectivity index (χ4n) is 2.52. The Morgan fingerprint density at radius 2 is 1.96 bits per heavy atom. The highest BCUT2D eigenvalue weighted by Gasteiger charge is 2.32. The summed E-state index contributed by atoms with van der Waals surface area (Å²) in [6.07, 6.45) is -4.62. The van der Waals surface area contributed by atoms with Gasteiger partial charge in [0.25, 0.3) is 0 Å². The Hall–Kier alpha value is -2.01. The Morgan fingerprint density at radius 1 is 1.31 bits per heavy atom. The Balaban J connectivity index is 1.99. The lowest BCUT2D eigenvalue weighted by atomic mass is 10.1. The first-order valence-corrected chi connectivity index (χ1v) is 9.39. The largest absolute Gasteiger partial charge is 0.573 e. The lowest BCUT2D eigenvalue weighted by Gasteiger charge is -2.31. The van der Waals surface area contributed by atoms with Gasteiger partial charge in [0.15, 0.2) is 0 Å². The number of likely N-dealkylation sites (tertiary alicyclic amines) is 1. The van der Waals surface area contributed by atoms with Crippen LogP contribution in [0.1, 0.15) is 19.8 Å². The maximum absolute atomic E-state index is 12.4. The summed E-state index contributed by atoms with van der Waals surface area (Å²) in [7, 11) is -4.02. The monoisotopic (exact) mass is 396 g/mol. The number of nitrogens with zero attached hydrogens (tertiary/aromatic N) is 1. The number of ether oxygens (including phenoxy) is 2. The third-order valence-corrected chi connectivity index (χ3v) is 5.21. The normalized spacial score (nSPS) is 16.4. The Kier molecular flexibility index (Phi) is 6.34. The highest BCUT2D eigenvalue weighted by atomic mass is 32.2. The van der Waals surface area contributed by atoms with Crippen molar-refractivity contribution in [3.8, 4) is 5.75 Å². The number of hydrogen-bond acceptors (Lipinski definition) is 5. The highest BCUT2D eigenvalue weighted by Crippen LogP contribution is 2.25. The van der Waals surface area contributed by atoms with Crippen LogP contribution in [0.3, 0.4) is 0 Å². The number of carbonyl (C=O) groups is 1. The van der Waals surface area contributed by atoms with Crippen LogP contribution in [0.15, 0.2) is 29.2 Å². The van der Waals surface area contributed by atoms with Crippen molar-refractivity contribution >= 4 is 16.1 Å². The van der Waals surface area contributed by atoms with Crippen LogP contribution in [0, 0.1) is 0 Å². The van der Waals surface area contributed by atoms with E-state index in [9.17, 15) is 26.4 Å². The van der Waals surface area contributed by atoms with Crippen LogP contribution >= 0.6 is 0 Å². The van der Waals surface area contributed by atoms with Crippen molar-refractivity contribution < 1.29 is 35.9 Å². The van der Waals surface area contributed by atoms with Gasteiger partial charge in [-0.25, -0.2) is 17.9 Å². The third-order valence-electron chi connectivity index (χ3n) is 3.69. The van der Waals surface area contributed by atoms with Gasteiger partial charge in [-0.2, -0.15) is 0 Å². The van der Waals surface area contributed by atoms with E-state index >= 15 is 0 Å². The first kappa shape index (κ1) is 20.3. The number of benzene rings is 1. The molecule has 2 rings (SSSR count). The molecule has 0 aliphatic carbocycles. The first-order chi connectivity index (χ1) is 12.1. The topological polar surface area (TPSA) is 84.9 Å². The summed E-state index contributed by atoms with van der Waals surface area (Å²) in [5, 5.41) is 0. The molecule has 1 heterocycles. The number of nitrogens with one attached hydrogen (secondary N) is 1. The summed E-state index contributed by atoms with van der Waals surface area (Å²) in [6.45, 7) is 2.59. The molecule has 0 spiro atoms. The molecule has 1 N–H and O–H groups in total. The van der Waals surface area contributed by atoms with Gasteiger partial charge < -0.3 is 14.4 Å². The number of halogens is 3. The van der Waals surface area contributed by atoms with Gasteiger partial charge in [0.1, 0.15) is 5.75 Å². The second-order valence-corrected chi connectivity index (χ2v) is 7.32. The lowest BCUT2D eigenvalue weighted by molar-refractivity contribution is -0.274. The molecule has 1 amide bonds. The average Bonchev–Trinajstić information content (AvgIpc) is 2.54. The Morgan fingerprint density at radius 3 is 2.54 bits per heavy atom. The van der Waals surface area contributed by atoms with Crippen molar-refractivity contribution in [1.82, 2.24) is 9.62 Å². The predicted molar refractivity (Wildman–Crippen MR) is 85.1 cm³/mol. The van der Waals surface area contributed by atoms with E-state index in [1.807, 2.05) is 0 Å².